The maximum Gasteiger partial charge on any atom is 0.338 e. The largest absolute Gasteiger partial charge is 0.504 e. The number of aromatic nitrogens is 1. The highest BCUT2D eigenvalue weighted by Crippen LogP contribution is 2.54. The molecule has 2 aromatic carbocycles. The molecule has 0 aliphatic carbocycles. The van der Waals surface area contributed by atoms with Crippen LogP contribution < -0.4 is 14.5 Å². The molecule has 45 heavy (non-hydrogen) atoms. The molecule has 11 nitrogen and oxygen atoms in total. The van der Waals surface area contributed by atoms with E-state index in [1.807, 2.05) is 0 Å². The molecule has 1 N–H and O–H groups in total. The van der Waals surface area contributed by atoms with Crippen LogP contribution in [0, 0.1) is 5.92 Å². The molecule has 0 radical (unpaired) electrons. The van der Waals surface area contributed by atoms with Crippen LogP contribution in [-0.4, -0.2) is 69.8 Å². The van der Waals surface area contributed by atoms with Crippen molar-refractivity contribution in [2.24, 2.45) is 5.92 Å². The highest BCUT2D eigenvalue weighted by molar-refractivity contribution is 8.00. The molecule has 236 valence electrons. The van der Waals surface area contributed by atoms with E-state index in [2.05, 4.69) is 0 Å². The molecular weight excluding hydrogens is 618 g/mol. The molecule has 1 aromatic heterocycles. The first kappa shape index (κ1) is 30.9. The van der Waals surface area contributed by atoms with Crippen LogP contribution >= 0.6 is 23.1 Å². The summed E-state index contributed by atoms with van der Waals surface area (Å²) < 4.78 is 12.1. The second-order valence-electron chi connectivity index (χ2n) is 11.0. The lowest BCUT2D eigenvalue weighted by Gasteiger charge is -2.31. The summed E-state index contributed by atoms with van der Waals surface area (Å²) in [5.74, 6) is -2.99. The number of aromatic hydroxyl groups is 1. The fraction of sp³-hybridized carbons (Fsp3) is 0.406. The van der Waals surface area contributed by atoms with Gasteiger partial charge in [0.2, 0.25) is 17.7 Å². The Balaban J connectivity index is 1.42. The van der Waals surface area contributed by atoms with E-state index in [-0.39, 0.29) is 35.4 Å². The Morgan fingerprint density at radius 1 is 0.956 bits per heavy atom. The number of phenolic OH excluding ortho intramolecular Hbond substituents is 1. The molecule has 4 heterocycles. The first-order valence-corrected chi connectivity index (χ1v) is 16.7. The Morgan fingerprint density at radius 2 is 1.69 bits per heavy atom. The maximum atomic E-state index is 14.2. The Bertz CT molecular complexity index is 1710. The molecule has 0 bridgehead atoms. The van der Waals surface area contributed by atoms with Crippen molar-refractivity contribution in [3.8, 4) is 11.5 Å². The van der Waals surface area contributed by atoms with Gasteiger partial charge in [-0.15, -0.1) is 0 Å². The average molecular weight is 652 g/mol. The van der Waals surface area contributed by atoms with Crippen molar-refractivity contribution >= 4 is 52.5 Å². The third kappa shape index (κ3) is 5.63. The number of benzene rings is 2. The van der Waals surface area contributed by atoms with E-state index in [1.165, 1.54) is 34.9 Å². The zero-order chi connectivity index (χ0) is 31.8. The van der Waals surface area contributed by atoms with E-state index in [1.54, 1.807) is 30.9 Å². The van der Waals surface area contributed by atoms with Crippen LogP contribution in [0.15, 0.2) is 52.3 Å². The van der Waals surface area contributed by atoms with Crippen LogP contribution in [0.25, 0.3) is 0 Å². The molecule has 3 atom stereocenters. The number of fused-ring (bicyclic) bond motifs is 2. The minimum atomic E-state index is -0.880. The number of likely N-dealkylation sites (tertiary alicyclic amines) is 1. The number of anilines is 1. The summed E-state index contributed by atoms with van der Waals surface area (Å²) in [5, 5.41) is 10.0. The number of nitrogens with zero attached hydrogens (tertiary/aromatic N) is 3. The monoisotopic (exact) mass is 651 g/mol. The zero-order valence-electron chi connectivity index (χ0n) is 24.9. The first-order valence-electron chi connectivity index (χ1n) is 15.0. The minimum Gasteiger partial charge on any atom is -0.504 e. The summed E-state index contributed by atoms with van der Waals surface area (Å²) in [7, 11) is 0. The van der Waals surface area contributed by atoms with E-state index < -0.39 is 34.9 Å². The van der Waals surface area contributed by atoms with Crippen LogP contribution in [0.1, 0.15) is 59.8 Å². The lowest BCUT2D eigenvalue weighted by atomic mass is 9.83. The van der Waals surface area contributed by atoms with E-state index in [0.29, 0.717) is 46.4 Å². The predicted molar refractivity (Wildman–Crippen MR) is 168 cm³/mol. The normalized spacial score (nSPS) is 21.0. The van der Waals surface area contributed by atoms with Crippen molar-refractivity contribution < 1.29 is 33.8 Å². The van der Waals surface area contributed by atoms with Crippen LogP contribution in [-0.2, 0) is 25.7 Å². The lowest BCUT2D eigenvalue weighted by molar-refractivity contribution is -0.133. The van der Waals surface area contributed by atoms with E-state index in [9.17, 15) is 29.1 Å². The van der Waals surface area contributed by atoms with Crippen molar-refractivity contribution in [3.63, 3.8) is 0 Å². The molecule has 2 fully saturated rings. The van der Waals surface area contributed by atoms with Crippen molar-refractivity contribution in [2.45, 2.75) is 55.8 Å². The second-order valence-corrected chi connectivity index (χ2v) is 13.2. The van der Waals surface area contributed by atoms with Gasteiger partial charge in [0.05, 0.1) is 35.4 Å². The van der Waals surface area contributed by atoms with Crippen LogP contribution in [0.5, 0.6) is 11.5 Å². The highest BCUT2D eigenvalue weighted by atomic mass is 32.2. The van der Waals surface area contributed by atoms with Gasteiger partial charge >= 0.3 is 10.8 Å². The van der Waals surface area contributed by atoms with Gasteiger partial charge in [-0.25, -0.2) is 9.69 Å². The fourth-order valence-electron chi connectivity index (χ4n) is 6.20. The maximum absolute atomic E-state index is 14.2. The standard InChI is InChI=1S/C32H33N3O8S2/c1-3-42-22-16-19(10-13-21(22)36)24-25-26(29(39)35(28(25)38)20-11-8-18(9-12-20)31(40)43-4-2)44-30-27(24)45-32(41)34(30)17-23(37)33-14-6-5-7-15-33/h8-13,16,24-26,36H,3-7,14-15,17H2,1-2H3/t24-,25+,26-/m0/s1. The summed E-state index contributed by atoms with van der Waals surface area (Å²) in [6, 6.07) is 10.9. The summed E-state index contributed by atoms with van der Waals surface area (Å²) in [5.41, 5.74) is 1.21. The third-order valence-corrected chi connectivity index (χ3v) is 10.9. The summed E-state index contributed by atoms with van der Waals surface area (Å²) >= 11 is 2.11. The SMILES string of the molecule is CCOC(=O)c1ccc(N2C(=O)[C@@H]3[C@H](c4ccc(O)c(OCC)c4)c4sc(=O)n(CC(=O)N5CCCCC5)c4S[C@@H]3C2=O)cc1. The second kappa shape index (κ2) is 12.7. The third-order valence-electron chi connectivity index (χ3n) is 8.33. The van der Waals surface area contributed by atoms with E-state index >= 15 is 0 Å². The summed E-state index contributed by atoms with van der Waals surface area (Å²) in [6.45, 7) is 5.14. The number of esters is 1. The Kier molecular flexibility index (Phi) is 8.74. The number of piperidine rings is 1. The average Bonchev–Trinajstić information content (AvgIpc) is 3.49. The van der Waals surface area contributed by atoms with Crippen molar-refractivity contribution in [3.05, 3.63) is 68.1 Å². The number of carbonyl (C=O) groups excluding carboxylic acids is 4. The van der Waals surface area contributed by atoms with Gasteiger partial charge < -0.3 is 19.5 Å². The number of phenols is 1. The Labute approximate surface area is 267 Å². The summed E-state index contributed by atoms with van der Waals surface area (Å²) in [4.78, 5) is 70.3. The Hall–Kier alpha value is -4.10. The number of ether oxygens (including phenoxy) is 2. The van der Waals surface area contributed by atoms with Gasteiger partial charge in [-0.05, 0) is 75.1 Å². The number of carbonyl (C=O) groups is 4. The molecule has 0 saturated carbocycles. The molecule has 3 amide bonds. The van der Waals surface area contributed by atoms with E-state index in [4.69, 9.17) is 9.47 Å². The van der Waals surface area contributed by atoms with Gasteiger partial charge in [0.1, 0.15) is 11.8 Å². The number of hydrogen-bond donors (Lipinski definition) is 1. The Morgan fingerprint density at radius 3 is 2.38 bits per heavy atom. The first-order chi connectivity index (χ1) is 21.7. The molecule has 0 spiro atoms. The molecule has 0 unspecified atom stereocenters. The molecular formula is C32H33N3O8S2. The van der Waals surface area contributed by atoms with Crippen molar-refractivity contribution in [1.29, 1.82) is 0 Å². The molecule has 6 rings (SSSR count). The van der Waals surface area contributed by atoms with E-state index in [0.717, 1.165) is 47.3 Å². The van der Waals surface area contributed by atoms with Gasteiger partial charge in [0.25, 0.3) is 0 Å². The molecule has 13 heteroatoms. The number of amides is 3. The highest BCUT2D eigenvalue weighted by Gasteiger charge is 2.57. The number of thioether (sulfide) groups is 1. The van der Waals surface area contributed by atoms with Gasteiger partial charge in [0.15, 0.2) is 11.5 Å². The zero-order valence-corrected chi connectivity index (χ0v) is 26.5. The molecule has 3 aromatic rings. The minimum absolute atomic E-state index is 0.0717. The molecule has 2 saturated heterocycles. The number of thiazole rings is 1. The van der Waals surface area contributed by atoms with Crippen LogP contribution in [0.3, 0.4) is 0 Å². The van der Waals surface area contributed by atoms with Gasteiger partial charge in [-0.2, -0.15) is 0 Å². The quantitative estimate of drug-likeness (QED) is 0.283. The number of imide groups is 1. The summed E-state index contributed by atoms with van der Waals surface area (Å²) in [6.07, 6.45) is 2.89. The number of hydrogen-bond acceptors (Lipinski definition) is 10. The topological polar surface area (TPSA) is 135 Å². The fourth-order valence-corrected chi connectivity index (χ4v) is 8.98. The molecule has 3 aliphatic heterocycles. The van der Waals surface area contributed by atoms with Crippen molar-refractivity contribution in [2.75, 3.05) is 31.2 Å². The van der Waals surface area contributed by atoms with Crippen LogP contribution in [0.4, 0.5) is 5.69 Å². The van der Waals surface area contributed by atoms with Gasteiger partial charge in [-0.1, -0.05) is 29.2 Å². The smallest absolute Gasteiger partial charge is 0.338 e. The van der Waals surface area contributed by atoms with Gasteiger partial charge in [-0.3, -0.25) is 23.7 Å². The van der Waals surface area contributed by atoms with Gasteiger partial charge in [0, 0.05) is 23.9 Å². The molecule has 3 aliphatic rings. The number of rotatable bonds is 8. The predicted octanol–water partition coefficient (Wildman–Crippen LogP) is 4.00. The van der Waals surface area contributed by atoms with Crippen LogP contribution in [0.2, 0.25) is 0 Å². The van der Waals surface area contributed by atoms with Crippen molar-refractivity contribution in [1.82, 2.24) is 9.47 Å². The lowest BCUT2D eigenvalue weighted by Crippen LogP contribution is -2.39.